The molecule has 8 nitrogen and oxygen atoms in total. The van der Waals surface area contributed by atoms with Crippen molar-refractivity contribution < 1.29 is 14.0 Å². The quantitative estimate of drug-likeness (QED) is 0.356. The molecule has 0 spiro atoms. The van der Waals surface area contributed by atoms with E-state index in [4.69, 9.17) is 14.0 Å². The number of hydroxylamine groups is 1. The van der Waals surface area contributed by atoms with Crippen molar-refractivity contribution in [3.05, 3.63) is 68.5 Å². The molecule has 0 bridgehead atoms. The largest absolute Gasteiger partial charge is 0.411 e. The van der Waals surface area contributed by atoms with Crippen LogP contribution in [0.3, 0.4) is 0 Å². The number of aryl methyl sites for hydroxylation is 1. The molecule has 3 atom stereocenters. The molecule has 0 radical (unpaired) electrons. The van der Waals surface area contributed by atoms with Crippen LogP contribution in [0.5, 0.6) is 0 Å². The third-order valence-corrected chi connectivity index (χ3v) is 10.9. The SMILES string of the molecule is Cc1cn([C@H]2C[C@H](O[Si](C)(C)C(C)(C)C)[C@@H](CNOCc3ccccc3)O2)c(=O)[nH]c1=O. The fraction of sp³-hybridized carbons (Fsp3) is 0.565. The monoisotopic (exact) mass is 461 g/mol. The number of aromatic amines is 1. The van der Waals surface area contributed by atoms with E-state index in [0.717, 1.165) is 5.56 Å². The molecule has 1 aromatic carbocycles. The second kappa shape index (κ2) is 9.84. The first-order chi connectivity index (χ1) is 15.0. The van der Waals surface area contributed by atoms with Gasteiger partial charge in [-0.3, -0.25) is 19.2 Å². The molecule has 1 aliphatic rings. The molecule has 176 valence electrons. The minimum Gasteiger partial charge on any atom is -0.411 e. The second-order valence-corrected chi connectivity index (χ2v) is 14.6. The smallest absolute Gasteiger partial charge is 0.330 e. The summed E-state index contributed by atoms with van der Waals surface area (Å²) in [7, 11) is -2.07. The van der Waals surface area contributed by atoms with E-state index in [1.807, 2.05) is 30.3 Å². The maximum absolute atomic E-state index is 12.4. The Bertz CT molecular complexity index is 1010. The molecule has 0 saturated carbocycles. The molecule has 1 fully saturated rings. The van der Waals surface area contributed by atoms with Gasteiger partial charge in [-0.15, -0.1) is 0 Å². The zero-order chi connectivity index (χ0) is 23.5. The van der Waals surface area contributed by atoms with Crippen molar-refractivity contribution in [2.45, 2.75) is 77.3 Å². The number of aromatic nitrogens is 2. The summed E-state index contributed by atoms with van der Waals surface area (Å²) in [5, 5.41) is 0.0400. The summed E-state index contributed by atoms with van der Waals surface area (Å²) in [5.41, 5.74) is 3.66. The zero-order valence-corrected chi connectivity index (χ0v) is 20.8. The number of hydrogen-bond donors (Lipinski definition) is 2. The van der Waals surface area contributed by atoms with Gasteiger partial charge < -0.3 is 9.16 Å². The summed E-state index contributed by atoms with van der Waals surface area (Å²) in [6.07, 6.45) is 1.05. The van der Waals surface area contributed by atoms with Gasteiger partial charge in [-0.2, -0.15) is 5.48 Å². The molecular weight excluding hydrogens is 426 g/mol. The minimum absolute atomic E-state index is 0.0400. The van der Waals surface area contributed by atoms with E-state index in [0.29, 0.717) is 25.1 Å². The third kappa shape index (κ3) is 5.84. The highest BCUT2D eigenvalue weighted by Gasteiger charge is 2.45. The van der Waals surface area contributed by atoms with Crippen LogP contribution in [0.1, 0.15) is 44.5 Å². The molecule has 9 heteroatoms. The van der Waals surface area contributed by atoms with Gasteiger partial charge in [0.05, 0.1) is 18.8 Å². The van der Waals surface area contributed by atoms with Crippen LogP contribution >= 0.6 is 0 Å². The fourth-order valence-corrected chi connectivity index (χ4v) is 4.74. The predicted octanol–water partition coefficient (Wildman–Crippen LogP) is 3.24. The lowest BCUT2D eigenvalue weighted by Gasteiger charge is -2.39. The summed E-state index contributed by atoms with van der Waals surface area (Å²) >= 11 is 0. The number of rotatable bonds is 8. The molecule has 3 rings (SSSR count). The first-order valence-corrected chi connectivity index (χ1v) is 13.9. The van der Waals surface area contributed by atoms with Crippen LogP contribution < -0.4 is 16.7 Å². The normalized spacial score (nSPS) is 21.8. The van der Waals surface area contributed by atoms with Crippen LogP contribution in [0.4, 0.5) is 0 Å². The standard InChI is InChI=1S/C23H35N3O5Si/c1-16-14-26(22(28)25-21(16)27)20-12-18(31-32(5,6)23(2,3)4)19(30-20)13-24-29-15-17-10-8-7-9-11-17/h7-11,14,18-20,24H,12-13,15H2,1-6H3,(H,25,27,28)/t18-,19+,20+/m0/s1. The summed E-state index contributed by atoms with van der Waals surface area (Å²) in [4.78, 5) is 32.2. The predicted molar refractivity (Wildman–Crippen MR) is 126 cm³/mol. The van der Waals surface area contributed by atoms with Crippen molar-refractivity contribution in [3.63, 3.8) is 0 Å². The van der Waals surface area contributed by atoms with Gasteiger partial charge in [-0.05, 0) is 30.6 Å². The lowest BCUT2D eigenvalue weighted by molar-refractivity contribution is -0.0533. The van der Waals surface area contributed by atoms with Gasteiger partial charge in [0.2, 0.25) is 0 Å². The Morgan fingerprint density at radius 1 is 1.22 bits per heavy atom. The van der Waals surface area contributed by atoms with Crippen LogP contribution in [0, 0.1) is 6.92 Å². The van der Waals surface area contributed by atoms with E-state index >= 15 is 0 Å². The van der Waals surface area contributed by atoms with Crippen molar-refractivity contribution in [3.8, 4) is 0 Å². The minimum atomic E-state index is -2.07. The highest BCUT2D eigenvalue weighted by molar-refractivity contribution is 6.74. The molecule has 1 saturated heterocycles. The molecule has 2 N–H and O–H groups in total. The number of hydrogen-bond acceptors (Lipinski definition) is 6. The molecule has 1 aromatic heterocycles. The number of nitrogens with zero attached hydrogens (tertiary/aromatic N) is 1. The van der Waals surface area contributed by atoms with Gasteiger partial charge in [0.1, 0.15) is 6.23 Å². The number of nitrogens with one attached hydrogen (secondary N) is 2. The van der Waals surface area contributed by atoms with Gasteiger partial charge >= 0.3 is 5.69 Å². The summed E-state index contributed by atoms with van der Waals surface area (Å²) < 4.78 is 14.4. The van der Waals surface area contributed by atoms with Crippen LogP contribution in [-0.2, 0) is 20.6 Å². The number of benzene rings is 1. The Hall–Kier alpha value is -2.04. The number of ether oxygens (including phenoxy) is 1. The lowest BCUT2D eigenvalue weighted by Crippen LogP contribution is -2.47. The van der Waals surface area contributed by atoms with E-state index in [9.17, 15) is 9.59 Å². The highest BCUT2D eigenvalue weighted by Crippen LogP contribution is 2.40. The highest BCUT2D eigenvalue weighted by atomic mass is 28.4. The van der Waals surface area contributed by atoms with Crippen molar-refractivity contribution in [1.82, 2.24) is 15.0 Å². The zero-order valence-electron chi connectivity index (χ0n) is 19.8. The van der Waals surface area contributed by atoms with Gasteiger partial charge in [-0.1, -0.05) is 51.1 Å². The average Bonchev–Trinajstić information content (AvgIpc) is 3.09. The summed E-state index contributed by atoms with van der Waals surface area (Å²) in [5.74, 6) is 0. The lowest BCUT2D eigenvalue weighted by atomic mass is 10.2. The van der Waals surface area contributed by atoms with Crippen LogP contribution in [0.15, 0.2) is 46.1 Å². The van der Waals surface area contributed by atoms with Gasteiger partial charge in [0.15, 0.2) is 8.32 Å². The molecule has 2 aromatic rings. The van der Waals surface area contributed by atoms with Crippen molar-refractivity contribution in [1.29, 1.82) is 0 Å². The Kier molecular flexibility index (Phi) is 7.56. The topological polar surface area (TPSA) is 94.6 Å². The Balaban J connectivity index is 1.73. The van der Waals surface area contributed by atoms with E-state index in [2.05, 4.69) is 44.3 Å². The molecule has 0 unspecified atom stereocenters. The molecule has 1 aliphatic heterocycles. The van der Waals surface area contributed by atoms with Gasteiger partial charge in [0.25, 0.3) is 5.56 Å². The summed E-state index contributed by atoms with van der Waals surface area (Å²) in [6, 6.07) is 9.90. The summed E-state index contributed by atoms with van der Waals surface area (Å²) in [6.45, 7) is 13.5. The maximum Gasteiger partial charge on any atom is 0.330 e. The van der Waals surface area contributed by atoms with Crippen LogP contribution in [0.2, 0.25) is 18.1 Å². The first-order valence-electron chi connectivity index (χ1n) is 11.0. The molecule has 0 aliphatic carbocycles. The van der Waals surface area contributed by atoms with Gasteiger partial charge in [-0.25, -0.2) is 4.79 Å². The maximum atomic E-state index is 12.4. The van der Waals surface area contributed by atoms with Crippen LogP contribution in [0.25, 0.3) is 0 Å². The molecular formula is C23H35N3O5Si. The van der Waals surface area contributed by atoms with Gasteiger partial charge in [0, 0.05) is 24.7 Å². The molecule has 0 amide bonds. The van der Waals surface area contributed by atoms with Crippen molar-refractivity contribution in [2.75, 3.05) is 6.54 Å². The average molecular weight is 462 g/mol. The number of H-pyrrole nitrogens is 1. The van der Waals surface area contributed by atoms with E-state index in [-0.39, 0.29) is 22.8 Å². The molecule has 2 heterocycles. The van der Waals surface area contributed by atoms with E-state index in [1.54, 1.807) is 13.1 Å². The van der Waals surface area contributed by atoms with Crippen LogP contribution in [-0.4, -0.2) is 36.6 Å². The Morgan fingerprint density at radius 2 is 1.91 bits per heavy atom. The second-order valence-electron chi connectivity index (χ2n) is 9.88. The van der Waals surface area contributed by atoms with Crippen molar-refractivity contribution in [2.24, 2.45) is 0 Å². The van der Waals surface area contributed by atoms with E-state index in [1.165, 1.54) is 4.57 Å². The first kappa shape index (κ1) is 24.6. The fourth-order valence-electron chi connectivity index (χ4n) is 3.38. The Labute approximate surface area is 190 Å². The van der Waals surface area contributed by atoms with Crippen molar-refractivity contribution >= 4 is 8.32 Å². The third-order valence-electron chi connectivity index (χ3n) is 6.36. The van der Waals surface area contributed by atoms with E-state index < -0.39 is 20.2 Å². The molecule has 32 heavy (non-hydrogen) atoms. The Morgan fingerprint density at radius 3 is 2.56 bits per heavy atom.